The maximum absolute atomic E-state index is 6.02. The molecule has 0 spiro atoms. The Bertz CT molecular complexity index is 407. The minimum Gasteiger partial charge on any atom is -0.476 e. The number of ether oxygens (including phenoxy) is 1. The largest absolute Gasteiger partial charge is 0.476 e. The van der Waals surface area contributed by atoms with E-state index in [1.165, 1.54) is 10.5 Å². The van der Waals surface area contributed by atoms with E-state index in [1.54, 1.807) is 11.8 Å². The van der Waals surface area contributed by atoms with Crippen molar-refractivity contribution in [3.05, 3.63) is 23.8 Å². The van der Waals surface area contributed by atoms with E-state index in [1.807, 2.05) is 13.8 Å². The van der Waals surface area contributed by atoms with Gasteiger partial charge in [0.05, 0.1) is 4.90 Å². The molecule has 0 saturated heterocycles. The average molecular weight is 237 g/mol. The van der Waals surface area contributed by atoms with Crippen molar-refractivity contribution in [1.29, 1.82) is 0 Å². The molecule has 1 heterocycles. The third kappa shape index (κ3) is 2.71. The van der Waals surface area contributed by atoms with Crippen LogP contribution in [0.4, 0.5) is 0 Å². The summed E-state index contributed by atoms with van der Waals surface area (Å²) in [5.41, 5.74) is 7.09. The summed E-state index contributed by atoms with van der Waals surface area (Å²) in [5, 5.41) is 0. The summed E-state index contributed by atoms with van der Waals surface area (Å²) in [4.78, 5) is 1.09. The van der Waals surface area contributed by atoms with E-state index in [0.29, 0.717) is 0 Å². The van der Waals surface area contributed by atoms with Crippen LogP contribution in [0.1, 0.15) is 33.3 Å². The first-order chi connectivity index (χ1) is 7.25. The van der Waals surface area contributed by atoms with Crippen molar-refractivity contribution >= 4 is 11.8 Å². The Kier molecular flexibility index (Phi) is 2.71. The van der Waals surface area contributed by atoms with Gasteiger partial charge in [-0.05, 0) is 51.8 Å². The monoisotopic (exact) mass is 237 g/mol. The average Bonchev–Trinajstić information content (AvgIpc) is 2.34. The summed E-state index contributed by atoms with van der Waals surface area (Å²) in [7, 11) is 0. The molecule has 88 valence electrons. The summed E-state index contributed by atoms with van der Waals surface area (Å²) in [6.07, 6.45) is 0.870. The second-order valence-corrected chi connectivity index (χ2v) is 7.18. The Morgan fingerprint density at radius 1 is 1.38 bits per heavy atom. The molecule has 2 N–H and O–H groups in total. The molecule has 2 nitrogen and oxygen atoms in total. The summed E-state index contributed by atoms with van der Waals surface area (Å²) in [6, 6.07) is 6.40. The fourth-order valence-electron chi connectivity index (χ4n) is 1.90. The van der Waals surface area contributed by atoms with Crippen molar-refractivity contribution < 1.29 is 4.74 Å². The molecule has 0 fully saturated rings. The van der Waals surface area contributed by atoms with Gasteiger partial charge in [-0.25, -0.2) is 0 Å². The van der Waals surface area contributed by atoms with Crippen LogP contribution < -0.4 is 10.5 Å². The molecule has 1 aliphatic rings. The molecule has 3 heteroatoms. The number of hydrogen-bond donors (Lipinski definition) is 1. The summed E-state index contributed by atoms with van der Waals surface area (Å²) < 4.78 is 5.87. The summed E-state index contributed by atoms with van der Waals surface area (Å²) in [5.74, 6) is 0.997. The van der Waals surface area contributed by atoms with Crippen LogP contribution in [0.15, 0.2) is 23.1 Å². The van der Waals surface area contributed by atoms with E-state index >= 15 is 0 Å². The van der Waals surface area contributed by atoms with Crippen LogP contribution in [-0.4, -0.2) is 10.5 Å². The predicted octanol–water partition coefficient (Wildman–Crippen LogP) is 3.19. The zero-order valence-corrected chi connectivity index (χ0v) is 11.1. The second-order valence-electron chi connectivity index (χ2n) is 5.55. The van der Waals surface area contributed by atoms with Crippen LogP contribution in [0, 0.1) is 0 Å². The smallest absolute Gasteiger partial charge is 0.153 e. The first kappa shape index (κ1) is 11.8. The van der Waals surface area contributed by atoms with E-state index in [4.69, 9.17) is 10.5 Å². The highest BCUT2D eigenvalue weighted by atomic mass is 32.2. The lowest BCUT2D eigenvalue weighted by atomic mass is 9.96. The predicted molar refractivity (Wildman–Crippen MR) is 69.0 cm³/mol. The molecule has 0 aliphatic carbocycles. The van der Waals surface area contributed by atoms with Crippen LogP contribution in [0.25, 0.3) is 0 Å². The van der Waals surface area contributed by atoms with Gasteiger partial charge in [0.2, 0.25) is 0 Å². The molecule has 0 amide bonds. The number of rotatable bonds is 2. The molecule has 2 rings (SSSR count). The van der Waals surface area contributed by atoms with E-state index in [-0.39, 0.29) is 10.5 Å². The van der Waals surface area contributed by atoms with E-state index in [2.05, 4.69) is 32.0 Å². The minimum absolute atomic E-state index is 0.140. The zero-order chi connectivity index (χ0) is 12.0. The molecular formula is C13H19NOS. The molecule has 1 aromatic carbocycles. The van der Waals surface area contributed by atoms with Crippen LogP contribution >= 0.6 is 11.8 Å². The van der Waals surface area contributed by atoms with Gasteiger partial charge >= 0.3 is 0 Å². The van der Waals surface area contributed by atoms with Crippen LogP contribution in [0.3, 0.4) is 0 Å². The lowest BCUT2D eigenvalue weighted by Gasteiger charge is -2.19. The highest BCUT2D eigenvalue weighted by Gasteiger charge is 2.31. The third-order valence-electron chi connectivity index (χ3n) is 2.38. The van der Waals surface area contributed by atoms with Crippen molar-refractivity contribution in [3.63, 3.8) is 0 Å². The minimum atomic E-state index is -0.171. The van der Waals surface area contributed by atoms with Crippen LogP contribution in [-0.2, 0) is 6.42 Å². The van der Waals surface area contributed by atoms with Crippen molar-refractivity contribution in [2.75, 3.05) is 0 Å². The Balaban J connectivity index is 2.23. The number of thioether (sulfide) groups is 1. The third-order valence-corrected chi connectivity index (χ3v) is 3.51. The molecule has 1 aromatic rings. The van der Waals surface area contributed by atoms with Crippen molar-refractivity contribution in [3.8, 4) is 5.75 Å². The van der Waals surface area contributed by atoms with E-state index in [9.17, 15) is 0 Å². The fourth-order valence-corrected chi connectivity index (χ4v) is 2.90. The molecule has 0 radical (unpaired) electrons. The van der Waals surface area contributed by atoms with Gasteiger partial charge < -0.3 is 10.5 Å². The Labute approximate surface area is 102 Å². The number of hydrogen-bond acceptors (Lipinski definition) is 3. The maximum Gasteiger partial charge on any atom is 0.153 e. The molecule has 0 saturated carbocycles. The van der Waals surface area contributed by atoms with Gasteiger partial charge in [-0.3, -0.25) is 0 Å². The Morgan fingerprint density at radius 2 is 2.06 bits per heavy atom. The standard InChI is InChI=1S/C13H19NOS/c1-12(2,14)8-9-5-6-11-10(7-9)15-13(3,4)16-11/h5-7H,8,14H2,1-4H3. The molecule has 0 bridgehead atoms. The summed E-state index contributed by atoms with van der Waals surface area (Å²) in [6.45, 7) is 8.26. The lowest BCUT2D eigenvalue weighted by Crippen LogP contribution is -2.34. The molecule has 0 atom stereocenters. The van der Waals surface area contributed by atoms with Crippen molar-refractivity contribution in [1.82, 2.24) is 0 Å². The number of benzene rings is 1. The molecule has 0 unspecified atom stereocenters. The first-order valence-corrected chi connectivity index (χ1v) is 6.37. The zero-order valence-electron chi connectivity index (χ0n) is 10.3. The quantitative estimate of drug-likeness (QED) is 0.858. The van der Waals surface area contributed by atoms with E-state index < -0.39 is 0 Å². The molecule has 1 aliphatic heterocycles. The van der Waals surface area contributed by atoms with E-state index in [0.717, 1.165) is 12.2 Å². The van der Waals surface area contributed by atoms with Crippen LogP contribution in [0.5, 0.6) is 5.75 Å². The summed E-state index contributed by atoms with van der Waals surface area (Å²) >= 11 is 1.77. The Hall–Kier alpha value is -0.670. The van der Waals surface area contributed by atoms with Gasteiger partial charge in [0.1, 0.15) is 5.75 Å². The van der Waals surface area contributed by atoms with Gasteiger partial charge in [-0.2, -0.15) is 0 Å². The highest BCUT2D eigenvalue weighted by Crippen LogP contribution is 2.47. The van der Waals surface area contributed by atoms with Gasteiger partial charge in [-0.15, -0.1) is 0 Å². The molecular weight excluding hydrogens is 218 g/mol. The molecule has 16 heavy (non-hydrogen) atoms. The van der Waals surface area contributed by atoms with Crippen molar-refractivity contribution in [2.24, 2.45) is 5.73 Å². The number of fused-ring (bicyclic) bond motifs is 1. The fraction of sp³-hybridized carbons (Fsp3) is 0.538. The maximum atomic E-state index is 6.02. The number of nitrogens with two attached hydrogens (primary N) is 1. The molecule has 0 aromatic heterocycles. The van der Waals surface area contributed by atoms with Gasteiger partial charge in [0, 0.05) is 5.54 Å². The highest BCUT2D eigenvalue weighted by molar-refractivity contribution is 8.00. The van der Waals surface area contributed by atoms with Crippen molar-refractivity contribution in [2.45, 2.75) is 49.5 Å². The Morgan fingerprint density at radius 3 is 2.69 bits per heavy atom. The lowest BCUT2D eigenvalue weighted by molar-refractivity contribution is 0.214. The SMILES string of the molecule is CC(C)(N)Cc1ccc2c(c1)OC(C)(C)S2. The van der Waals surface area contributed by atoms with Gasteiger partial charge in [0.25, 0.3) is 0 Å². The first-order valence-electron chi connectivity index (χ1n) is 5.55. The topological polar surface area (TPSA) is 35.2 Å². The normalized spacial score (nSPS) is 18.1. The van der Waals surface area contributed by atoms with Gasteiger partial charge in [0.15, 0.2) is 4.93 Å². The second kappa shape index (κ2) is 3.67. The van der Waals surface area contributed by atoms with Crippen LogP contribution in [0.2, 0.25) is 0 Å². The van der Waals surface area contributed by atoms with Gasteiger partial charge in [-0.1, -0.05) is 17.8 Å².